The molecule has 1 heterocycles. The highest BCUT2D eigenvalue weighted by atomic mass is 16.2. The van der Waals surface area contributed by atoms with Crippen LogP contribution in [0.15, 0.2) is 24.3 Å². The summed E-state index contributed by atoms with van der Waals surface area (Å²) < 4.78 is 0. The molecule has 0 radical (unpaired) electrons. The van der Waals surface area contributed by atoms with E-state index in [1.54, 1.807) is 0 Å². The third-order valence-electron chi connectivity index (χ3n) is 4.97. The Morgan fingerprint density at radius 3 is 2.52 bits per heavy atom. The lowest BCUT2D eigenvalue weighted by molar-refractivity contribution is -0.884. The first kappa shape index (κ1) is 19.4. The predicted octanol–water partition coefficient (Wildman–Crippen LogP) is 1.49. The minimum absolute atomic E-state index is 0.0298. The normalized spacial score (nSPS) is 16.5. The Bertz CT molecular complexity index is 580. The molecule has 1 fully saturated rings. The molecule has 25 heavy (non-hydrogen) atoms. The van der Waals surface area contributed by atoms with Crippen LogP contribution in [0.2, 0.25) is 0 Å². The van der Waals surface area contributed by atoms with Crippen LogP contribution in [0.25, 0.3) is 0 Å². The number of hydrogen-bond acceptors (Lipinski definition) is 2. The summed E-state index contributed by atoms with van der Waals surface area (Å²) in [6.07, 6.45) is 3.13. The number of amides is 2. The van der Waals surface area contributed by atoms with Gasteiger partial charge in [0.2, 0.25) is 0 Å². The van der Waals surface area contributed by atoms with E-state index >= 15 is 0 Å². The molecule has 2 rings (SSSR count). The molecule has 5 nitrogen and oxygen atoms in total. The molecule has 1 aliphatic heterocycles. The molecule has 0 spiro atoms. The van der Waals surface area contributed by atoms with Crippen molar-refractivity contribution in [3.05, 3.63) is 29.8 Å². The monoisotopic (exact) mass is 346 g/mol. The lowest BCUT2D eigenvalue weighted by Gasteiger charge is -2.31. The average molecular weight is 346 g/mol. The Hall–Kier alpha value is -1.88. The van der Waals surface area contributed by atoms with Gasteiger partial charge in [0.25, 0.3) is 11.8 Å². The van der Waals surface area contributed by atoms with Crippen LogP contribution < -0.4 is 10.2 Å². The van der Waals surface area contributed by atoms with Crippen LogP contribution in [0.1, 0.15) is 38.7 Å². The minimum Gasteiger partial charge on any atom is -0.338 e. The molecule has 2 N–H and O–H groups in total. The Kier molecular flexibility index (Phi) is 7.44. The van der Waals surface area contributed by atoms with E-state index in [0.717, 1.165) is 55.0 Å². The van der Waals surface area contributed by atoms with Crippen molar-refractivity contribution >= 4 is 17.5 Å². The van der Waals surface area contributed by atoms with Gasteiger partial charge >= 0.3 is 0 Å². The molecule has 1 aliphatic rings. The number of aryl methyl sites for hydroxylation is 1. The zero-order chi connectivity index (χ0) is 18.2. The van der Waals surface area contributed by atoms with E-state index in [0.29, 0.717) is 19.0 Å². The average Bonchev–Trinajstić information content (AvgIpc) is 2.57. The van der Waals surface area contributed by atoms with Crippen molar-refractivity contribution in [2.24, 2.45) is 5.92 Å². The van der Waals surface area contributed by atoms with Gasteiger partial charge in [0, 0.05) is 18.8 Å². The van der Waals surface area contributed by atoms with Gasteiger partial charge in [-0.15, -0.1) is 0 Å². The fraction of sp³-hybridized carbons (Fsp3) is 0.600. The van der Waals surface area contributed by atoms with E-state index in [2.05, 4.69) is 19.2 Å². The summed E-state index contributed by atoms with van der Waals surface area (Å²) in [7, 11) is 0. The second-order valence-corrected chi connectivity index (χ2v) is 7.28. The third-order valence-corrected chi connectivity index (χ3v) is 4.97. The van der Waals surface area contributed by atoms with Crippen molar-refractivity contribution in [1.29, 1.82) is 0 Å². The van der Waals surface area contributed by atoms with Gasteiger partial charge in [0.1, 0.15) is 0 Å². The van der Waals surface area contributed by atoms with Gasteiger partial charge in [-0.2, -0.15) is 0 Å². The van der Waals surface area contributed by atoms with E-state index in [-0.39, 0.29) is 11.8 Å². The van der Waals surface area contributed by atoms with Crippen LogP contribution in [0.5, 0.6) is 0 Å². The van der Waals surface area contributed by atoms with Crippen molar-refractivity contribution in [2.75, 3.05) is 38.0 Å². The van der Waals surface area contributed by atoms with Gasteiger partial charge in [-0.25, -0.2) is 0 Å². The molecule has 0 aromatic heterocycles. The zero-order valence-corrected chi connectivity index (χ0v) is 15.8. The first-order valence-corrected chi connectivity index (χ1v) is 9.46. The zero-order valence-electron chi connectivity index (χ0n) is 15.8. The smallest absolute Gasteiger partial charge is 0.279 e. The number of piperidine rings is 1. The van der Waals surface area contributed by atoms with E-state index < -0.39 is 0 Å². The van der Waals surface area contributed by atoms with Crippen LogP contribution in [0.3, 0.4) is 0 Å². The minimum atomic E-state index is -0.0298. The van der Waals surface area contributed by atoms with Crippen LogP contribution >= 0.6 is 0 Å². The summed E-state index contributed by atoms with van der Waals surface area (Å²) in [5.41, 5.74) is 1.89. The molecule has 5 heteroatoms. The van der Waals surface area contributed by atoms with Crippen LogP contribution in [-0.2, 0) is 9.59 Å². The Morgan fingerprint density at radius 1 is 1.20 bits per heavy atom. The van der Waals surface area contributed by atoms with Gasteiger partial charge < -0.3 is 15.1 Å². The first-order chi connectivity index (χ1) is 12.0. The van der Waals surface area contributed by atoms with Gasteiger partial charge in [-0.05, 0) is 43.7 Å². The van der Waals surface area contributed by atoms with Crippen molar-refractivity contribution in [3.8, 4) is 0 Å². The largest absolute Gasteiger partial charge is 0.338 e. The van der Waals surface area contributed by atoms with Gasteiger partial charge in [0.15, 0.2) is 13.1 Å². The second-order valence-electron chi connectivity index (χ2n) is 7.28. The molecular weight excluding hydrogens is 314 g/mol. The summed E-state index contributed by atoms with van der Waals surface area (Å²) in [4.78, 5) is 28.0. The topological polar surface area (TPSA) is 53.9 Å². The summed E-state index contributed by atoms with van der Waals surface area (Å²) in [6.45, 7) is 9.59. The van der Waals surface area contributed by atoms with Crippen LogP contribution in [0.4, 0.5) is 5.69 Å². The lowest BCUT2D eigenvalue weighted by atomic mass is 9.99. The summed E-state index contributed by atoms with van der Waals surface area (Å²) in [5.74, 6) is 0.861. The maximum Gasteiger partial charge on any atom is 0.279 e. The molecule has 0 saturated carbocycles. The highest BCUT2D eigenvalue weighted by Gasteiger charge is 2.25. The molecule has 1 atom stereocenters. The number of likely N-dealkylation sites (tertiary alicyclic amines) is 1. The molecule has 138 valence electrons. The number of carbonyl (C=O) groups excluding carboxylic acids is 2. The van der Waals surface area contributed by atoms with Crippen molar-refractivity contribution in [1.82, 2.24) is 4.90 Å². The number of benzene rings is 1. The number of carbonyl (C=O) groups is 2. The molecule has 1 aromatic carbocycles. The first-order valence-electron chi connectivity index (χ1n) is 9.46. The fourth-order valence-corrected chi connectivity index (χ4v) is 3.31. The number of quaternary nitrogens is 1. The molecule has 0 bridgehead atoms. The predicted molar refractivity (Wildman–Crippen MR) is 101 cm³/mol. The molecule has 2 amide bonds. The summed E-state index contributed by atoms with van der Waals surface area (Å²) >= 11 is 0. The number of rotatable bonds is 7. The van der Waals surface area contributed by atoms with E-state index in [4.69, 9.17) is 0 Å². The Labute approximate surface area is 151 Å². The highest BCUT2D eigenvalue weighted by Crippen LogP contribution is 2.15. The van der Waals surface area contributed by atoms with Crippen molar-refractivity contribution < 1.29 is 14.5 Å². The Balaban J connectivity index is 1.88. The number of nitrogens with zero attached hydrogens (tertiary/aromatic N) is 1. The van der Waals surface area contributed by atoms with Gasteiger partial charge in [0.05, 0.1) is 6.54 Å². The molecule has 0 aliphatic carbocycles. The molecule has 1 aromatic rings. The quantitative estimate of drug-likeness (QED) is 0.786. The maximum absolute atomic E-state index is 12.6. The molecule has 1 unspecified atom stereocenters. The summed E-state index contributed by atoms with van der Waals surface area (Å²) in [6, 6.07) is 7.76. The van der Waals surface area contributed by atoms with E-state index in [1.165, 1.54) is 0 Å². The summed E-state index contributed by atoms with van der Waals surface area (Å²) in [5, 5.41) is 2.97. The molecular formula is C20H32N3O2+. The van der Waals surface area contributed by atoms with Crippen molar-refractivity contribution in [2.45, 2.75) is 40.0 Å². The third kappa shape index (κ3) is 6.16. The van der Waals surface area contributed by atoms with Gasteiger partial charge in [-0.1, -0.05) is 32.0 Å². The SMILES string of the molecule is CCC[NH+](CC(=O)Nc1ccccc1C)CC(=O)N1CCC(C)CC1. The number of para-hydroxylation sites is 1. The van der Waals surface area contributed by atoms with Crippen molar-refractivity contribution in [3.63, 3.8) is 0 Å². The second kappa shape index (κ2) is 9.56. The Morgan fingerprint density at radius 2 is 1.88 bits per heavy atom. The number of anilines is 1. The van der Waals surface area contributed by atoms with Crippen LogP contribution in [-0.4, -0.2) is 49.4 Å². The highest BCUT2D eigenvalue weighted by molar-refractivity contribution is 5.92. The van der Waals surface area contributed by atoms with E-state index in [1.807, 2.05) is 36.1 Å². The fourth-order valence-electron chi connectivity index (χ4n) is 3.31. The van der Waals surface area contributed by atoms with E-state index in [9.17, 15) is 9.59 Å². The maximum atomic E-state index is 12.6. The number of hydrogen-bond donors (Lipinski definition) is 2. The number of nitrogens with one attached hydrogen (secondary N) is 2. The van der Waals surface area contributed by atoms with Gasteiger partial charge in [-0.3, -0.25) is 9.59 Å². The van der Waals surface area contributed by atoms with Crippen LogP contribution in [0, 0.1) is 12.8 Å². The lowest BCUT2D eigenvalue weighted by Crippen LogP contribution is -3.14. The molecule has 1 saturated heterocycles. The standard InChI is InChI=1S/C20H31N3O2/c1-4-11-22(15-20(25)23-12-9-16(2)10-13-23)14-19(24)21-18-8-6-5-7-17(18)3/h5-8,16H,4,9-15H2,1-3H3,(H,21,24)/p+1.